The third kappa shape index (κ3) is 2.33. The summed E-state index contributed by atoms with van der Waals surface area (Å²) in [6.07, 6.45) is 0. The summed E-state index contributed by atoms with van der Waals surface area (Å²) in [4.78, 5) is 20.8. The van der Waals surface area contributed by atoms with Crippen LogP contribution in [-0.2, 0) is 0 Å². The summed E-state index contributed by atoms with van der Waals surface area (Å²) < 4.78 is 18.4. The Labute approximate surface area is 91.0 Å². The standard InChI is InChI=1S/C10H10FNO4/c1-3-16-7-4-8(6(2)13)10(12(14)15)9(11)5-7/h4-5H,3H2,1-2H3. The van der Waals surface area contributed by atoms with E-state index in [1.54, 1.807) is 6.92 Å². The number of nitro benzene ring substituents is 1. The van der Waals surface area contributed by atoms with Gasteiger partial charge in [0.1, 0.15) is 11.3 Å². The number of halogens is 1. The van der Waals surface area contributed by atoms with E-state index in [-0.39, 0.29) is 17.9 Å². The predicted molar refractivity (Wildman–Crippen MR) is 54.2 cm³/mol. The Balaban J connectivity index is 3.39. The first-order chi connectivity index (χ1) is 7.47. The summed E-state index contributed by atoms with van der Waals surface area (Å²) in [5.74, 6) is -1.54. The molecule has 1 aromatic carbocycles. The molecule has 0 amide bonds. The minimum Gasteiger partial charge on any atom is -0.494 e. The van der Waals surface area contributed by atoms with Crippen LogP contribution in [-0.4, -0.2) is 17.3 Å². The van der Waals surface area contributed by atoms with Crippen LogP contribution in [0.2, 0.25) is 0 Å². The van der Waals surface area contributed by atoms with Gasteiger partial charge in [0.15, 0.2) is 5.78 Å². The zero-order valence-corrected chi connectivity index (χ0v) is 8.82. The molecule has 0 bridgehead atoms. The van der Waals surface area contributed by atoms with Crippen molar-refractivity contribution < 1.29 is 18.8 Å². The fourth-order valence-corrected chi connectivity index (χ4v) is 1.28. The van der Waals surface area contributed by atoms with Crippen molar-refractivity contribution in [3.8, 4) is 5.75 Å². The smallest absolute Gasteiger partial charge is 0.315 e. The molecule has 0 radical (unpaired) electrons. The Morgan fingerprint density at radius 2 is 2.19 bits per heavy atom. The van der Waals surface area contributed by atoms with E-state index in [1.165, 1.54) is 6.07 Å². The number of hydrogen-bond donors (Lipinski definition) is 0. The molecule has 0 heterocycles. The fourth-order valence-electron chi connectivity index (χ4n) is 1.28. The highest BCUT2D eigenvalue weighted by Crippen LogP contribution is 2.28. The van der Waals surface area contributed by atoms with E-state index in [9.17, 15) is 19.3 Å². The molecule has 1 rings (SSSR count). The van der Waals surface area contributed by atoms with Gasteiger partial charge in [0, 0.05) is 6.07 Å². The molecule has 0 saturated heterocycles. The van der Waals surface area contributed by atoms with Gasteiger partial charge in [-0.1, -0.05) is 0 Å². The second-order valence-electron chi connectivity index (χ2n) is 3.05. The van der Waals surface area contributed by atoms with Crippen LogP contribution in [0.1, 0.15) is 24.2 Å². The van der Waals surface area contributed by atoms with Crippen molar-refractivity contribution in [1.82, 2.24) is 0 Å². The molecular weight excluding hydrogens is 217 g/mol. The minimum atomic E-state index is -1.07. The molecule has 16 heavy (non-hydrogen) atoms. The van der Waals surface area contributed by atoms with Gasteiger partial charge in [-0.25, -0.2) is 0 Å². The lowest BCUT2D eigenvalue weighted by atomic mass is 10.1. The zero-order valence-electron chi connectivity index (χ0n) is 8.82. The number of benzene rings is 1. The number of hydrogen-bond acceptors (Lipinski definition) is 4. The summed E-state index contributed by atoms with van der Waals surface area (Å²) in [7, 11) is 0. The van der Waals surface area contributed by atoms with Gasteiger partial charge in [-0.05, 0) is 19.9 Å². The molecule has 0 atom stereocenters. The molecule has 0 saturated carbocycles. The average Bonchev–Trinajstić information content (AvgIpc) is 2.16. The maximum Gasteiger partial charge on any atom is 0.315 e. The van der Waals surface area contributed by atoms with E-state index < -0.39 is 22.2 Å². The van der Waals surface area contributed by atoms with Gasteiger partial charge in [0.05, 0.1) is 11.5 Å². The molecule has 0 aromatic heterocycles. The van der Waals surface area contributed by atoms with Crippen LogP contribution < -0.4 is 4.74 Å². The second kappa shape index (κ2) is 4.69. The highest BCUT2D eigenvalue weighted by Gasteiger charge is 2.24. The summed E-state index contributed by atoms with van der Waals surface area (Å²) >= 11 is 0. The largest absolute Gasteiger partial charge is 0.494 e. The first kappa shape index (κ1) is 12.1. The van der Waals surface area contributed by atoms with E-state index in [4.69, 9.17) is 4.74 Å². The number of nitro groups is 1. The van der Waals surface area contributed by atoms with Gasteiger partial charge < -0.3 is 4.74 Å². The van der Waals surface area contributed by atoms with Crippen LogP contribution in [0.25, 0.3) is 0 Å². The summed E-state index contributed by atoms with van der Waals surface area (Å²) in [6, 6.07) is 2.07. The number of rotatable bonds is 4. The highest BCUT2D eigenvalue weighted by atomic mass is 19.1. The Morgan fingerprint density at radius 3 is 2.62 bits per heavy atom. The normalized spacial score (nSPS) is 9.94. The van der Waals surface area contributed by atoms with Crippen LogP contribution in [0, 0.1) is 15.9 Å². The van der Waals surface area contributed by atoms with Gasteiger partial charge in [-0.3, -0.25) is 14.9 Å². The Morgan fingerprint density at radius 1 is 1.56 bits per heavy atom. The molecular formula is C10H10FNO4. The van der Waals surface area contributed by atoms with Crippen LogP contribution in [0.15, 0.2) is 12.1 Å². The number of nitrogens with zero attached hydrogens (tertiary/aromatic N) is 1. The van der Waals surface area contributed by atoms with Crippen molar-refractivity contribution in [1.29, 1.82) is 0 Å². The lowest BCUT2D eigenvalue weighted by Crippen LogP contribution is -2.04. The molecule has 0 unspecified atom stereocenters. The number of ketones is 1. The SMILES string of the molecule is CCOc1cc(F)c([N+](=O)[O-])c(C(C)=O)c1. The van der Waals surface area contributed by atoms with E-state index in [2.05, 4.69) is 0 Å². The molecule has 0 fully saturated rings. The van der Waals surface area contributed by atoms with Gasteiger partial charge in [-0.2, -0.15) is 4.39 Å². The van der Waals surface area contributed by atoms with Crippen molar-refractivity contribution in [2.75, 3.05) is 6.61 Å². The second-order valence-corrected chi connectivity index (χ2v) is 3.05. The maximum atomic E-state index is 13.4. The van der Waals surface area contributed by atoms with E-state index >= 15 is 0 Å². The minimum absolute atomic E-state index is 0.107. The number of carbonyl (C=O) groups excluding carboxylic acids is 1. The van der Waals surface area contributed by atoms with Crippen molar-refractivity contribution in [3.63, 3.8) is 0 Å². The third-order valence-electron chi connectivity index (χ3n) is 1.91. The molecule has 0 aliphatic carbocycles. The molecule has 1 aromatic rings. The molecule has 6 heteroatoms. The lowest BCUT2D eigenvalue weighted by molar-refractivity contribution is -0.387. The van der Waals surface area contributed by atoms with Crippen molar-refractivity contribution >= 4 is 11.5 Å². The lowest BCUT2D eigenvalue weighted by Gasteiger charge is -2.06. The predicted octanol–water partition coefficient (Wildman–Crippen LogP) is 2.34. The quantitative estimate of drug-likeness (QED) is 0.449. The topological polar surface area (TPSA) is 69.4 Å². The average molecular weight is 227 g/mol. The first-order valence-electron chi connectivity index (χ1n) is 4.59. The summed E-state index contributed by atoms with van der Waals surface area (Å²) in [5, 5.41) is 10.6. The van der Waals surface area contributed by atoms with Gasteiger partial charge in [0.25, 0.3) is 0 Å². The van der Waals surface area contributed by atoms with Crippen LogP contribution >= 0.6 is 0 Å². The first-order valence-corrected chi connectivity index (χ1v) is 4.59. The molecule has 0 spiro atoms. The summed E-state index contributed by atoms with van der Waals surface area (Å²) in [6.45, 7) is 3.11. The van der Waals surface area contributed by atoms with Crippen LogP contribution in [0.4, 0.5) is 10.1 Å². The highest BCUT2D eigenvalue weighted by molar-refractivity contribution is 5.98. The van der Waals surface area contributed by atoms with Crippen molar-refractivity contribution in [2.45, 2.75) is 13.8 Å². The van der Waals surface area contributed by atoms with Crippen molar-refractivity contribution in [2.24, 2.45) is 0 Å². The molecule has 0 N–H and O–H groups in total. The van der Waals surface area contributed by atoms with Crippen molar-refractivity contribution in [3.05, 3.63) is 33.6 Å². The molecule has 0 aliphatic rings. The van der Waals surface area contributed by atoms with E-state index in [1.807, 2.05) is 0 Å². The monoisotopic (exact) mass is 227 g/mol. The Kier molecular flexibility index (Phi) is 3.55. The number of ether oxygens (including phenoxy) is 1. The third-order valence-corrected chi connectivity index (χ3v) is 1.91. The van der Waals surface area contributed by atoms with Crippen LogP contribution in [0.5, 0.6) is 5.75 Å². The molecule has 86 valence electrons. The summed E-state index contributed by atoms with van der Waals surface area (Å²) in [5.41, 5.74) is -1.09. The van der Waals surface area contributed by atoms with Crippen LogP contribution in [0.3, 0.4) is 0 Å². The van der Waals surface area contributed by atoms with Gasteiger partial charge >= 0.3 is 5.69 Å². The number of Topliss-reactive ketones (excluding diaryl/α,β-unsaturated/α-hetero) is 1. The van der Waals surface area contributed by atoms with E-state index in [0.29, 0.717) is 0 Å². The number of carbonyl (C=O) groups is 1. The Hall–Kier alpha value is -1.98. The van der Waals surface area contributed by atoms with Gasteiger partial charge in [0.2, 0.25) is 5.82 Å². The zero-order chi connectivity index (χ0) is 12.3. The van der Waals surface area contributed by atoms with E-state index in [0.717, 1.165) is 13.0 Å². The van der Waals surface area contributed by atoms with Gasteiger partial charge in [-0.15, -0.1) is 0 Å². The fraction of sp³-hybridized carbons (Fsp3) is 0.300. The Bertz CT molecular complexity index is 445. The maximum absolute atomic E-state index is 13.4. The molecule has 5 nitrogen and oxygen atoms in total. The molecule has 0 aliphatic heterocycles.